The number of benzene rings is 2. The summed E-state index contributed by atoms with van der Waals surface area (Å²) in [6.45, 7) is 0.943. The highest BCUT2D eigenvalue weighted by molar-refractivity contribution is 5.84. The molecule has 2 aromatic rings. The second-order valence-electron chi connectivity index (χ2n) is 5.39. The molecule has 1 saturated carbocycles. The van der Waals surface area contributed by atoms with Gasteiger partial charge in [-0.15, -0.1) is 0 Å². The van der Waals surface area contributed by atoms with Crippen molar-refractivity contribution in [3.05, 3.63) is 42.0 Å². The summed E-state index contributed by atoms with van der Waals surface area (Å²) >= 11 is 0. The summed E-state index contributed by atoms with van der Waals surface area (Å²) in [5.41, 5.74) is 1.03. The minimum absolute atomic E-state index is 0.220. The van der Waals surface area contributed by atoms with E-state index in [2.05, 4.69) is 23.5 Å². The Bertz CT molecular complexity index is 656. The molecule has 20 heavy (non-hydrogen) atoms. The minimum atomic E-state index is -0.220. The summed E-state index contributed by atoms with van der Waals surface area (Å²) in [5, 5.41) is 15.0. The predicted octanol–water partition coefficient (Wildman–Crippen LogP) is 3.41. The van der Waals surface area contributed by atoms with E-state index in [1.165, 1.54) is 12.8 Å². The lowest BCUT2D eigenvalue weighted by Crippen LogP contribution is -2.22. The van der Waals surface area contributed by atoms with Crippen molar-refractivity contribution in [3.8, 4) is 11.8 Å². The van der Waals surface area contributed by atoms with E-state index in [9.17, 15) is 5.26 Å². The molecule has 3 nitrogen and oxygen atoms in total. The number of nitriles is 1. The molecule has 2 aromatic carbocycles. The molecule has 1 fully saturated rings. The SMILES string of the molecule is COc1ccc2cc(C(C#N)NCC3CC3)ccc2c1. The van der Waals surface area contributed by atoms with Crippen LogP contribution in [-0.2, 0) is 0 Å². The van der Waals surface area contributed by atoms with Crippen molar-refractivity contribution in [1.29, 1.82) is 5.26 Å². The topological polar surface area (TPSA) is 45.0 Å². The molecule has 0 radical (unpaired) electrons. The van der Waals surface area contributed by atoms with E-state index < -0.39 is 0 Å². The molecule has 1 aliphatic carbocycles. The zero-order valence-electron chi connectivity index (χ0n) is 11.6. The smallest absolute Gasteiger partial charge is 0.121 e. The van der Waals surface area contributed by atoms with Crippen LogP contribution in [0.5, 0.6) is 5.75 Å². The zero-order valence-corrected chi connectivity index (χ0v) is 11.6. The molecular weight excluding hydrogens is 248 g/mol. The first kappa shape index (κ1) is 13.0. The first-order valence-corrected chi connectivity index (χ1v) is 7.01. The van der Waals surface area contributed by atoms with Crippen molar-refractivity contribution in [1.82, 2.24) is 5.32 Å². The van der Waals surface area contributed by atoms with Crippen LogP contribution in [0.25, 0.3) is 10.8 Å². The van der Waals surface area contributed by atoms with Gasteiger partial charge in [-0.1, -0.05) is 18.2 Å². The van der Waals surface area contributed by atoms with Gasteiger partial charge >= 0.3 is 0 Å². The van der Waals surface area contributed by atoms with Crippen LogP contribution in [0, 0.1) is 17.2 Å². The van der Waals surface area contributed by atoms with Gasteiger partial charge in [0.15, 0.2) is 0 Å². The van der Waals surface area contributed by atoms with Gasteiger partial charge in [-0.3, -0.25) is 5.32 Å². The van der Waals surface area contributed by atoms with Gasteiger partial charge < -0.3 is 4.74 Å². The van der Waals surface area contributed by atoms with Crippen molar-refractivity contribution >= 4 is 10.8 Å². The van der Waals surface area contributed by atoms with Gasteiger partial charge in [-0.05, 0) is 59.8 Å². The minimum Gasteiger partial charge on any atom is -0.497 e. The molecule has 0 spiro atoms. The Morgan fingerprint density at radius 1 is 1.25 bits per heavy atom. The van der Waals surface area contributed by atoms with Gasteiger partial charge in [0, 0.05) is 0 Å². The first-order chi connectivity index (χ1) is 9.80. The van der Waals surface area contributed by atoms with E-state index in [1.807, 2.05) is 24.3 Å². The quantitative estimate of drug-likeness (QED) is 0.902. The predicted molar refractivity (Wildman–Crippen MR) is 79.6 cm³/mol. The Balaban J connectivity index is 1.84. The van der Waals surface area contributed by atoms with Crippen molar-refractivity contribution < 1.29 is 4.74 Å². The van der Waals surface area contributed by atoms with Crippen LogP contribution in [0.2, 0.25) is 0 Å². The molecule has 0 aliphatic heterocycles. The Labute approximate surface area is 119 Å². The molecule has 0 aromatic heterocycles. The second kappa shape index (κ2) is 5.52. The maximum atomic E-state index is 9.33. The maximum absolute atomic E-state index is 9.33. The number of hydrogen-bond acceptors (Lipinski definition) is 3. The van der Waals surface area contributed by atoms with Gasteiger partial charge in [0.2, 0.25) is 0 Å². The van der Waals surface area contributed by atoms with Crippen LogP contribution in [0.4, 0.5) is 0 Å². The third-order valence-corrected chi connectivity index (χ3v) is 3.84. The normalized spacial score (nSPS) is 15.8. The van der Waals surface area contributed by atoms with Crippen LogP contribution in [0.1, 0.15) is 24.4 Å². The van der Waals surface area contributed by atoms with Gasteiger partial charge in [0.25, 0.3) is 0 Å². The van der Waals surface area contributed by atoms with E-state index in [0.717, 1.165) is 34.5 Å². The van der Waals surface area contributed by atoms with E-state index in [-0.39, 0.29) is 6.04 Å². The van der Waals surface area contributed by atoms with Crippen molar-refractivity contribution in [2.75, 3.05) is 13.7 Å². The molecule has 1 N–H and O–H groups in total. The summed E-state index contributed by atoms with van der Waals surface area (Å²) in [7, 11) is 1.67. The van der Waals surface area contributed by atoms with E-state index >= 15 is 0 Å². The van der Waals surface area contributed by atoms with Crippen LogP contribution < -0.4 is 10.1 Å². The number of ether oxygens (including phenoxy) is 1. The number of rotatable bonds is 5. The highest BCUT2D eigenvalue weighted by Crippen LogP contribution is 2.29. The first-order valence-electron chi connectivity index (χ1n) is 7.01. The highest BCUT2D eigenvalue weighted by Gasteiger charge is 2.22. The molecule has 3 heteroatoms. The summed E-state index contributed by atoms with van der Waals surface area (Å²) in [5.74, 6) is 1.63. The summed E-state index contributed by atoms with van der Waals surface area (Å²) in [6, 6.07) is 14.3. The van der Waals surface area contributed by atoms with Crippen LogP contribution >= 0.6 is 0 Å². The third-order valence-electron chi connectivity index (χ3n) is 3.84. The standard InChI is InChI=1S/C17H18N2O/c1-20-16-7-6-13-8-15(5-4-14(13)9-16)17(10-18)19-11-12-2-3-12/h4-9,12,17,19H,2-3,11H2,1H3. The van der Waals surface area contributed by atoms with Crippen molar-refractivity contribution in [3.63, 3.8) is 0 Å². The van der Waals surface area contributed by atoms with Crippen molar-refractivity contribution in [2.45, 2.75) is 18.9 Å². The lowest BCUT2D eigenvalue weighted by molar-refractivity contribution is 0.415. The third kappa shape index (κ3) is 2.76. The fourth-order valence-electron chi connectivity index (χ4n) is 2.39. The van der Waals surface area contributed by atoms with Gasteiger partial charge in [0.1, 0.15) is 11.8 Å². The molecule has 0 saturated heterocycles. The number of nitrogens with zero attached hydrogens (tertiary/aromatic N) is 1. The molecule has 102 valence electrons. The van der Waals surface area contributed by atoms with Crippen LogP contribution in [-0.4, -0.2) is 13.7 Å². The highest BCUT2D eigenvalue weighted by atomic mass is 16.5. The summed E-state index contributed by atoms with van der Waals surface area (Å²) < 4.78 is 5.23. The zero-order chi connectivity index (χ0) is 13.9. The second-order valence-corrected chi connectivity index (χ2v) is 5.39. The van der Waals surface area contributed by atoms with Gasteiger partial charge in [-0.25, -0.2) is 0 Å². The molecule has 0 bridgehead atoms. The fourth-order valence-corrected chi connectivity index (χ4v) is 2.39. The Hall–Kier alpha value is -2.05. The lowest BCUT2D eigenvalue weighted by atomic mass is 10.0. The molecule has 0 heterocycles. The summed E-state index contributed by atoms with van der Waals surface area (Å²) in [6.07, 6.45) is 2.59. The maximum Gasteiger partial charge on any atom is 0.121 e. The summed E-state index contributed by atoms with van der Waals surface area (Å²) in [4.78, 5) is 0. The molecule has 3 rings (SSSR count). The monoisotopic (exact) mass is 266 g/mol. The van der Waals surface area contributed by atoms with E-state index in [4.69, 9.17) is 4.74 Å². The number of nitrogens with one attached hydrogen (secondary N) is 1. The molecule has 0 amide bonds. The number of methoxy groups -OCH3 is 1. The average molecular weight is 266 g/mol. The fraction of sp³-hybridized carbons (Fsp3) is 0.353. The Morgan fingerprint density at radius 2 is 2.00 bits per heavy atom. The van der Waals surface area contributed by atoms with Crippen molar-refractivity contribution in [2.24, 2.45) is 5.92 Å². The average Bonchev–Trinajstić information content (AvgIpc) is 3.31. The molecular formula is C17H18N2O. The van der Waals surface area contributed by atoms with Crippen LogP contribution in [0.3, 0.4) is 0 Å². The number of fused-ring (bicyclic) bond motifs is 1. The molecule has 1 aliphatic rings. The molecule has 1 unspecified atom stereocenters. The Kier molecular flexibility index (Phi) is 3.58. The lowest BCUT2D eigenvalue weighted by Gasteiger charge is -2.12. The largest absolute Gasteiger partial charge is 0.497 e. The molecule has 1 atom stereocenters. The van der Waals surface area contributed by atoms with E-state index in [0.29, 0.717) is 0 Å². The van der Waals surface area contributed by atoms with Gasteiger partial charge in [0.05, 0.1) is 13.2 Å². The number of hydrogen-bond donors (Lipinski definition) is 1. The Morgan fingerprint density at radius 3 is 2.70 bits per heavy atom. The van der Waals surface area contributed by atoms with E-state index in [1.54, 1.807) is 7.11 Å². The van der Waals surface area contributed by atoms with Crippen LogP contribution in [0.15, 0.2) is 36.4 Å². The van der Waals surface area contributed by atoms with Gasteiger partial charge in [-0.2, -0.15) is 5.26 Å².